The lowest BCUT2D eigenvalue weighted by molar-refractivity contribution is 0.623. The van der Waals surface area contributed by atoms with Crippen molar-refractivity contribution >= 4 is 171 Å². The molecule has 0 aliphatic heterocycles. The van der Waals surface area contributed by atoms with Gasteiger partial charge in [-0.15, -0.1) is 34.0 Å². The van der Waals surface area contributed by atoms with Crippen molar-refractivity contribution in [3.63, 3.8) is 0 Å². The topological polar surface area (TPSA) is 24.6 Å². The van der Waals surface area contributed by atoms with Crippen LogP contribution in [0.1, 0.15) is 75.3 Å². The molecule has 0 N–H and O–H groups in total. The number of benzene rings is 21. The minimum atomic E-state index is -0.176. The molecule has 0 radical (unpaired) electrons. The first kappa shape index (κ1) is 86.9. The molecule has 8 heterocycles. The van der Waals surface area contributed by atoms with Gasteiger partial charge < -0.3 is 22.8 Å². The van der Waals surface area contributed by atoms with Gasteiger partial charge in [0.05, 0.1) is 38.6 Å². The van der Waals surface area contributed by atoms with Gasteiger partial charge in [-0.2, -0.15) is 0 Å². The number of fused-ring (bicyclic) bond motifs is 30. The zero-order valence-corrected chi connectivity index (χ0v) is 85.5. The van der Waals surface area contributed by atoms with Crippen LogP contribution in [0.4, 0.5) is 0 Å². The molecule has 32 rings (SSSR count). The molecule has 0 amide bonds. The third-order valence-corrected chi connectivity index (χ3v) is 36.3. The van der Waals surface area contributed by atoms with Crippen molar-refractivity contribution in [2.45, 2.75) is 57.8 Å². The number of rotatable bonds is 10. The first-order valence-corrected chi connectivity index (χ1v) is 54.2. The molecular formula is C141H97N5S3. The standard InChI is InChI=1S/2C53H36N2S.C35H25NS/c1-53(2)45-20-9-6-17-42(45)50-44-32-35(34-25-29-47-43(31-34)39-15-7-10-21-46(39)54(47)36-13-4-3-5-14-36)26-30-48(44)55(52(50)53)37-27-23-33(24-28-37)38-18-12-19-41-40-16-8-11-22-49(40)56-51(38)41;1-53(2)45-17-9-6-16-41(45)51-44-32-36(35-22-27-47-42(30-35)39-14-7-10-18-46(39)54(47)37-12-4-3-5-13-37)23-28-48(44)55(52(51)53)38-25-20-33(21-26-38)34-24-29-50-43(31-34)40-15-8-11-19-49(40)56-50;1-35(2)29-15-6-3-11-27(29)32-28-12-4-7-16-30(28)36(34(32)35)23-20-18-22(19-21-23)24-13-9-14-26-25-10-5-8-17-31(25)37-33(24)26/h2*3-32H,1-2H3;3-21H,1-2H3. The maximum atomic E-state index is 2.54. The Kier molecular flexibility index (Phi) is 19.4. The third kappa shape index (κ3) is 13.2. The second-order valence-corrected chi connectivity index (χ2v) is 45.2. The van der Waals surface area contributed by atoms with E-state index in [0.717, 1.165) is 0 Å². The molecule has 29 aromatic rings. The van der Waals surface area contributed by atoms with Crippen molar-refractivity contribution in [2.75, 3.05) is 0 Å². The predicted molar refractivity (Wildman–Crippen MR) is 637 cm³/mol. The molecule has 0 saturated carbocycles. The number of nitrogens with zero attached hydrogens (tertiary/aromatic N) is 5. The lowest BCUT2D eigenvalue weighted by Crippen LogP contribution is -2.19. The maximum Gasteiger partial charge on any atom is 0.0541 e. The largest absolute Gasteiger partial charge is 0.312 e. The molecule has 0 saturated heterocycles. The van der Waals surface area contributed by atoms with Crippen molar-refractivity contribution in [3.8, 4) is 117 Å². The monoisotopic (exact) mass is 1960 g/mol. The van der Waals surface area contributed by atoms with Crippen LogP contribution in [0, 0.1) is 0 Å². The summed E-state index contributed by atoms with van der Waals surface area (Å²) >= 11 is 5.65. The Labute approximate surface area is 874 Å². The first-order valence-electron chi connectivity index (χ1n) is 51.7. The summed E-state index contributed by atoms with van der Waals surface area (Å²) in [5.41, 5.74) is 43.0. The number of hydrogen-bond acceptors (Lipinski definition) is 3. The van der Waals surface area contributed by atoms with Crippen LogP contribution in [0.25, 0.3) is 254 Å². The third-order valence-electron chi connectivity index (χ3n) is 32.8. The minimum Gasteiger partial charge on any atom is -0.312 e. The van der Waals surface area contributed by atoms with E-state index in [1.807, 2.05) is 34.0 Å². The van der Waals surface area contributed by atoms with E-state index in [2.05, 4.69) is 544 Å². The van der Waals surface area contributed by atoms with Crippen molar-refractivity contribution in [2.24, 2.45) is 0 Å². The molecular weight excluding hydrogens is 1860 g/mol. The molecule has 149 heavy (non-hydrogen) atoms. The summed E-state index contributed by atoms with van der Waals surface area (Å²) in [5.74, 6) is 0. The Morgan fingerprint density at radius 2 is 0.409 bits per heavy atom. The number of thiophene rings is 3. The molecule has 8 aromatic heterocycles. The van der Waals surface area contributed by atoms with Crippen molar-refractivity contribution in [1.82, 2.24) is 22.8 Å². The summed E-state index contributed by atoms with van der Waals surface area (Å²) in [5, 5.41) is 17.0. The van der Waals surface area contributed by atoms with E-state index in [-0.39, 0.29) is 16.2 Å². The molecule has 0 spiro atoms. The summed E-state index contributed by atoms with van der Waals surface area (Å²) in [4.78, 5) is 0. The van der Waals surface area contributed by atoms with Gasteiger partial charge in [-0.3, -0.25) is 0 Å². The molecule has 5 nitrogen and oxygen atoms in total. The summed E-state index contributed by atoms with van der Waals surface area (Å²) < 4.78 is 20.4. The van der Waals surface area contributed by atoms with Crippen LogP contribution in [0.3, 0.4) is 0 Å². The highest BCUT2D eigenvalue weighted by Crippen LogP contribution is 2.59. The van der Waals surface area contributed by atoms with Gasteiger partial charge in [0.2, 0.25) is 0 Å². The summed E-state index contributed by atoms with van der Waals surface area (Å²) in [6, 6.07) is 177. The van der Waals surface area contributed by atoms with E-state index in [9.17, 15) is 0 Å². The molecule has 0 fully saturated rings. The Morgan fingerprint density at radius 3 is 0.819 bits per heavy atom. The first-order chi connectivity index (χ1) is 73.2. The van der Waals surface area contributed by atoms with Crippen molar-refractivity contribution in [3.05, 3.63) is 513 Å². The summed E-state index contributed by atoms with van der Waals surface area (Å²) in [6.07, 6.45) is 0. The SMILES string of the molecule is CC1(C)c2ccccc2-c2c1n(-c1ccc(-c3ccc4sc5ccccc5c4c3)cc1)c1ccc(-c3ccc4c(c3)c3ccccc3n4-c3ccccc3)cc21.CC1(C)c2ccccc2-c2c1n(-c1ccc(-c3cccc4c3sc3ccccc34)cc1)c1ccc(-c3ccc4c(c3)c3ccccc3n4-c3ccccc3)cc21.CC1(C)c2ccccc2-c2c1n(-c1ccc(-c3cccc4c3sc3ccccc34)cc1)c1ccccc21. The average Bonchev–Trinajstić information content (AvgIpc) is 1.53. The minimum absolute atomic E-state index is 0.0771. The van der Waals surface area contributed by atoms with Crippen LogP contribution in [0.5, 0.6) is 0 Å². The average molecular weight is 1960 g/mol. The molecule has 3 aliphatic carbocycles. The number of aromatic nitrogens is 5. The van der Waals surface area contributed by atoms with Gasteiger partial charge >= 0.3 is 0 Å². The highest BCUT2D eigenvalue weighted by atomic mass is 32.1. The van der Waals surface area contributed by atoms with Crippen LogP contribution < -0.4 is 0 Å². The van der Waals surface area contributed by atoms with Gasteiger partial charge in [0.15, 0.2) is 0 Å². The second kappa shape index (κ2) is 33.3. The number of hydrogen-bond donors (Lipinski definition) is 0. The smallest absolute Gasteiger partial charge is 0.0541 e. The van der Waals surface area contributed by atoms with Gasteiger partial charge in [0.1, 0.15) is 0 Å². The fourth-order valence-corrected chi connectivity index (χ4v) is 29.5. The fraction of sp³-hybridized carbons (Fsp3) is 0.0638. The summed E-state index contributed by atoms with van der Waals surface area (Å²) in [7, 11) is 0. The quantitative estimate of drug-likeness (QED) is 0.130. The lowest BCUT2D eigenvalue weighted by Gasteiger charge is -2.24. The van der Waals surface area contributed by atoms with Gasteiger partial charge in [-0.1, -0.05) is 363 Å². The second-order valence-electron chi connectivity index (χ2n) is 42.0. The van der Waals surface area contributed by atoms with Crippen molar-refractivity contribution < 1.29 is 0 Å². The van der Waals surface area contributed by atoms with E-state index in [4.69, 9.17) is 0 Å². The lowest BCUT2D eigenvalue weighted by atomic mass is 9.85. The van der Waals surface area contributed by atoms with E-state index in [0.29, 0.717) is 0 Å². The Morgan fingerprint density at radius 1 is 0.154 bits per heavy atom. The van der Waals surface area contributed by atoms with E-state index in [1.54, 1.807) is 0 Å². The molecule has 704 valence electrons. The van der Waals surface area contributed by atoms with Crippen LogP contribution in [-0.4, -0.2) is 22.8 Å². The molecule has 8 heteroatoms. The van der Waals surface area contributed by atoms with Crippen LogP contribution in [0.2, 0.25) is 0 Å². The Bertz CT molecular complexity index is 10600. The van der Waals surface area contributed by atoms with Gasteiger partial charge in [-0.25, -0.2) is 0 Å². The molecule has 0 atom stereocenters. The highest BCUT2D eigenvalue weighted by molar-refractivity contribution is 7.27. The molecule has 21 aromatic carbocycles. The van der Waals surface area contributed by atoms with E-state index < -0.39 is 0 Å². The summed E-state index contributed by atoms with van der Waals surface area (Å²) in [6.45, 7) is 14.3. The van der Waals surface area contributed by atoms with Crippen molar-refractivity contribution in [1.29, 1.82) is 0 Å². The predicted octanol–water partition coefficient (Wildman–Crippen LogP) is 39.4. The Hall–Kier alpha value is -17.5. The van der Waals surface area contributed by atoms with Gasteiger partial charge in [0, 0.05) is 177 Å². The number of para-hydroxylation sites is 5. The van der Waals surface area contributed by atoms with Gasteiger partial charge in [-0.05, 0) is 247 Å². The van der Waals surface area contributed by atoms with Crippen LogP contribution in [0.15, 0.2) is 479 Å². The fourth-order valence-electron chi connectivity index (χ4n) is 26.0. The highest BCUT2D eigenvalue weighted by Gasteiger charge is 2.45. The maximum absolute atomic E-state index is 2.54. The van der Waals surface area contributed by atoms with Gasteiger partial charge in [0.25, 0.3) is 0 Å². The zero-order valence-electron chi connectivity index (χ0n) is 83.1. The molecule has 3 aliphatic rings. The zero-order chi connectivity index (χ0) is 99.0. The normalized spacial score (nSPS) is 13.5. The molecule has 0 bridgehead atoms. The molecule has 0 unspecified atom stereocenters. The van der Waals surface area contributed by atoms with E-state index in [1.165, 1.54) is 288 Å². The van der Waals surface area contributed by atoms with Crippen LogP contribution >= 0.6 is 34.0 Å². The van der Waals surface area contributed by atoms with E-state index >= 15 is 0 Å². The Balaban J connectivity index is 0.000000105. The van der Waals surface area contributed by atoms with Crippen LogP contribution in [-0.2, 0) is 16.2 Å².